The van der Waals surface area contributed by atoms with E-state index in [-0.39, 0.29) is 12.3 Å². The maximum Gasteiger partial charge on any atom is 0.408 e. The average molecular weight is 434 g/mol. The molecular formula is C22H31N3O4S. The van der Waals surface area contributed by atoms with Gasteiger partial charge in [-0.15, -0.1) is 11.3 Å². The Hall–Kier alpha value is -2.61. The Balaban J connectivity index is 2.24. The standard InChI is InChI=1S/C22H31N3O4S/c1-13(2)10-16(19(23)26)24-20(27)17(25-21(28)29-22(3,4)5)11-14-12-30-18-9-7-6-8-15(14)18/h6-9,12-13,16-17H,10-11H2,1-5H3,(H2,23,26)(H,24,27)(H,25,28)/t16-,17-/m0/s1. The maximum atomic E-state index is 13.0. The molecule has 2 atom stereocenters. The van der Waals surface area contributed by atoms with Gasteiger partial charge in [0.15, 0.2) is 0 Å². The van der Waals surface area contributed by atoms with Crippen LogP contribution < -0.4 is 16.4 Å². The molecule has 8 heteroatoms. The zero-order chi connectivity index (χ0) is 22.5. The molecule has 2 rings (SSSR count). The van der Waals surface area contributed by atoms with E-state index in [2.05, 4.69) is 10.6 Å². The van der Waals surface area contributed by atoms with Crippen molar-refractivity contribution >= 4 is 39.3 Å². The van der Waals surface area contributed by atoms with Crippen LogP contribution in [0.5, 0.6) is 0 Å². The number of alkyl carbamates (subject to hydrolysis) is 1. The van der Waals surface area contributed by atoms with Crippen molar-refractivity contribution < 1.29 is 19.1 Å². The second kappa shape index (κ2) is 9.93. The van der Waals surface area contributed by atoms with Gasteiger partial charge in [0.2, 0.25) is 11.8 Å². The van der Waals surface area contributed by atoms with Crippen molar-refractivity contribution in [2.24, 2.45) is 11.7 Å². The van der Waals surface area contributed by atoms with E-state index in [0.717, 1.165) is 15.6 Å². The molecule has 0 aliphatic carbocycles. The molecule has 0 spiro atoms. The minimum atomic E-state index is -0.910. The third-order valence-electron chi connectivity index (χ3n) is 4.36. The number of nitrogens with two attached hydrogens (primary N) is 1. The number of carbonyl (C=O) groups is 3. The van der Waals surface area contributed by atoms with E-state index in [4.69, 9.17) is 10.5 Å². The van der Waals surface area contributed by atoms with Crippen LogP contribution in [0, 0.1) is 5.92 Å². The normalized spacial score (nSPS) is 13.7. The molecular weight excluding hydrogens is 402 g/mol. The third kappa shape index (κ3) is 7.02. The summed E-state index contributed by atoms with van der Waals surface area (Å²) in [5.41, 5.74) is 5.70. The number of amides is 3. The first-order valence-corrected chi connectivity index (χ1v) is 10.9. The van der Waals surface area contributed by atoms with Crippen molar-refractivity contribution in [3.05, 3.63) is 35.2 Å². The SMILES string of the molecule is CC(C)C[C@H](NC(=O)[C@H](Cc1csc2ccccc12)NC(=O)OC(C)(C)C)C(N)=O. The number of hydrogen-bond acceptors (Lipinski definition) is 5. The predicted octanol–water partition coefficient (Wildman–Crippen LogP) is 3.35. The Morgan fingerprint density at radius 1 is 1.10 bits per heavy atom. The van der Waals surface area contributed by atoms with Gasteiger partial charge in [-0.2, -0.15) is 0 Å². The molecule has 4 N–H and O–H groups in total. The summed E-state index contributed by atoms with van der Waals surface area (Å²) in [6.45, 7) is 9.13. The minimum Gasteiger partial charge on any atom is -0.444 e. The molecule has 0 aliphatic heterocycles. The van der Waals surface area contributed by atoms with Crippen LogP contribution in [0.2, 0.25) is 0 Å². The lowest BCUT2D eigenvalue weighted by Gasteiger charge is -2.25. The molecule has 0 saturated heterocycles. The van der Waals surface area contributed by atoms with E-state index in [1.165, 1.54) is 0 Å². The highest BCUT2D eigenvalue weighted by Crippen LogP contribution is 2.26. The van der Waals surface area contributed by atoms with E-state index >= 15 is 0 Å². The van der Waals surface area contributed by atoms with Crippen molar-refractivity contribution in [2.75, 3.05) is 0 Å². The first kappa shape index (κ1) is 23.7. The fraction of sp³-hybridized carbons (Fsp3) is 0.500. The van der Waals surface area contributed by atoms with E-state index in [0.29, 0.717) is 6.42 Å². The number of fused-ring (bicyclic) bond motifs is 1. The van der Waals surface area contributed by atoms with Gasteiger partial charge in [-0.25, -0.2) is 4.79 Å². The Bertz CT molecular complexity index is 901. The summed E-state index contributed by atoms with van der Waals surface area (Å²) < 4.78 is 6.42. The first-order valence-electron chi connectivity index (χ1n) is 10.0. The molecule has 0 radical (unpaired) electrons. The number of ether oxygens (including phenoxy) is 1. The Kier molecular flexibility index (Phi) is 7.83. The van der Waals surface area contributed by atoms with Crippen LogP contribution in [0.1, 0.15) is 46.6 Å². The van der Waals surface area contributed by atoms with E-state index in [1.54, 1.807) is 32.1 Å². The largest absolute Gasteiger partial charge is 0.444 e. The number of carbonyl (C=O) groups excluding carboxylic acids is 3. The summed E-state index contributed by atoms with van der Waals surface area (Å²) in [5.74, 6) is -0.907. The van der Waals surface area contributed by atoms with Crippen molar-refractivity contribution in [3.63, 3.8) is 0 Å². The van der Waals surface area contributed by atoms with Crippen LogP contribution in [0.25, 0.3) is 10.1 Å². The molecule has 0 unspecified atom stereocenters. The number of rotatable bonds is 8. The topological polar surface area (TPSA) is 111 Å². The Labute approximate surface area is 181 Å². The van der Waals surface area contributed by atoms with E-state index < -0.39 is 35.6 Å². The van der Waals surface area contributed by atoms with Crippen LogP contribution in [0.4, 0.5) is 4.79 Å². The van der Waals surface area contributed by atoms with E-state index in [1.807, 2.05) is 43.5 Å². The molecule has 7 nitrogen and oxygen atoms in total. The summed E-state index contributed by atoms with van der Waals surface area (Å²) in [5, 5.41) is 8.35. The van der Waals surface area contributed by atoms with Crippen LogP contribution in [-0.2, 0) is 20.7 Å². The van der Waals surface area contributed by atoms with Gasteiger partial charge in [0, 0.05) is 11.1 Å². The third-order valence-corrected chi connectivity index (χ3v) is 5.37. The highest BCUT2D eigenvalue weighted by molar-refractivity contribution is 7.17. The van der Waals surface area contributed by atoms with Gasteiger partial charge in [-0.3, -0.25) is 9.59 Å². The minimum absolute atomic E-state index is 0.167. The smallest absolute Gasteiger partial charge is 0.408 e. The van der Waals surface area contributed by atoms with Crippen molar-refractivity contribution in [2.45, 2.75) is 65.1 Å². The van der Waals surface area contributed by atoms with Crippen LogP contribution in [-0.4, -0.2) is 35.6 Å². The van der Waals surface area contributed by atoms with Gasteiger partial charge < -0.3 is 21.1 Å². The summed E-state index contributed by atoms with van der Waals surface area (Å²) in [7, 11) is 0. The van der Waals surface area contributed by atoms with Crippen LogP contribution in [0.3, 0.4) is 0 Å². The molecule has 1 aromatic heterocycles. The molecule has 0 saturated carbocycles. The summed E-state index contributed by atoms with van der Waals surface area (Å²) in [6.07, 6.45) is -0.00851. The second-order valence-corrected chi connectivity index (χ2v) is 9.66. The first-order chi connectivity index (χ1) is 14.0. The summed E-state index contributed by atoms with van der Waals surface area (Å²) >= 11 is 1.57. The van der Waals surface area contributed by atoms with E-state index in [9.17, 15) is 14.4 Å². The maximum absolute atomic E-state index is 13.0. The van der Waals surface area contributed by atoms with Crippen LogP contribution >= 0.6 is 11.3 Å². The second-order valence-electron chi connectivity index (χ2n) is 8.75. The molecule has 0 fully saturated rings. The molecule has 3 amide bonds. The fourth-order valence-corrected chi connectivity index (χ4v) is 4.04. The Morgan fingerprint density at radius 3 is 2.37 bits per heavy atom. The van der Waals surface area contributed by atoms with Crippen molar-refractivity contribution in [1.82, 2.24) is 10.6 Å². The lowest BCUT2D eigenvalue weighted by Crippen LogP contribution is -2.54. The fourth-order valence-electron chi connectivity index (χ4n) is 3.06. The van der Waals surface area contributed by atoms with Gasteiger partial charge >= 0.3 is 6.09 Å². The highest BCUT2D eigenvalue weighted by atomic mass is 32.1. The van der Waals surface area contributed by atoms with Gasteiger partial charge in [-0.1, -0.05) is 32.0 Å². The monoisotopic (exact) mass is 433 g/mol. The highest BCUT2D eigenvalue weighted by Gasteiger charge is 2.28. The zero-order valence-electron chi connectivity index (χ0n) is 18.2. The number of thiophene rings is 1. The van der Waals surface area contributed by atoms with Gasteiger partial charge in [0.1, 0.15) is 17.7 Å². The van der Waals surface area contributed by atoms with Crippen molar-refractivity contribution in [3.8, 4) is 0 Å². The predicted molar refractivity (Wildman–Crippen MR) is 119 cm³/mol. The number of hydrogen-bond donors (Lipinski definition) is 3. The van der Waals surface area contributed by atoms with Crippen molar-refractivity contribution in [1.29, 1.82) is 0 Å². The molecule has 164 valence electrons. The zero-order valence-corrected chi connectivity index (χ0v) is 19.0. The number of primary amides is 1. The molecule has 1 heterocycles. The summed E-state index contributed by atoms with van der Waals surface area (Å²) in [4.78, 5) is 37.2. The van der Waals surface area contributed by atoms with Crippen LogP contribution in [0.15, 0.2) is 29.6 Å². The molecule has 30 heavy (non-hydrogen) atoms. The molecule has 0 bridgehead atoms. The number of nitrogens with one attached hydrogen (secondary N) is 2. The molecule has 0 aliphatic rings. The Morgan fingerprint density at radius 2 is 1.77 bits per heavy atom. The molecule has 1 aromatic carbocycles. The summed E-state index contributed by atoms with van der Waals surface area (Å²) in [6, 6.07) is 6.15. The lowest BCUT2D eigenvalue weighted by atomic mass is 10.0. The van der Waals surface area contributed by atoms with Gasteiger partial charge in [0.25, 0.3) is 0 Å². The average Bonchev–Trinajstić information content (AvgIpc) is 3.01. The number of benzene rings is 1. The van der Waals surface area contributed by atoms with Gasteiger partial charge in [0.05, 0.1) is 0 Å². The quantitative estimate of drug-likeness (QED) is 0.593. The lowest BCUT2D eigenvalue weighted by molar-refractivity contribution is -0.128. The molecule has 2 aromatic rings. The van der Waals surface area contributed by atoms with Gasteiger partial charge in [-0.05, 0) is 55.5 Å².